The standard InChI is InChI=1S/C18H12N2/c1-13(17-7-3-15(11-19)4-8-17)14(2)18-9-5-16(12-20)6-10-18/h3-10H,1-2H2. The quantitative estimate of drug-likeness (QED) is 0.774. The summed E-state index contributed by atoms with van der Waals surface area (Å²) in [6.07, 6.45) is 0. The molecule has 0 N–H and O–H groups in total. The lowest BCUT2D eigenvalue weighted by Gasteiger charge is -2.10. The summed E-state index contributed by atoms with van der Waals surface area (Å²) in [6.45, 7) is 8.10. The van der Waals surface area contributed by atoms with Gasteiger partial charge in [0.1, 0.15) is 0 Å². The number of allylic oxidation sites excluding steroid dienone is 2. The fourth-order valence-electron chi connectivity index (χ4n) is 1.84. The van der Waals surface area contributed by atoms with Crippen LogP contribution in [0, 0.1) is 22.7 Å². The molecule has 0 atom stereocenters. The molecule has 2 aromatic rings. The first kappa shape index (κ1) is 13.3. The van der Waals surface area contributed by atoms with Gasteiger partial charge in [0.2, 0.25) is 0 Å². The van der Waals surface area contributed by atoms with E-state index in [4.69, 9.17) is 10.5 Å². The average Bonchev–Trinajstić information content (AvgIpc) is 2.53. The van der Waals surface area contributed by atoms with Gasteiger partial charge in [-0.2, -0.15) is 10.5 Å². The average molecular weight is 256 g/mol. The first-order chi connectivity index (χ1) is 9.65. The van der Waals surface area contributed by atoms with Crippen molar-refractivity contribution >= 4 is 11.1 Å². The Labute approximate surface area is 118 Å². The third-order valence-corrected chi connectivity index (χ3v) is 3.09. The van der Waals surface area contributed by atoms with Crippen LogP contribution in [0.1, 0.15) is 22.3 Å². The van der Waals surface area contributed by atoms with Crippen molar-refractivity contribution in [3.8, 4) is 12.1 Å². The van der Waals surface area contributed by atoms with E-state index in [1.165, 1.54) is 0 Å². The van der Waals surface area contributed by atoms with Gasteiger partial charge in [-0.1, -0.05) is 37.4 Å². The fraction of sp³-hybridized carbons (Fsp3) is 0. The van der Waals surface area contributed by atoms with E-state index in [0.717, 1.165) is 22.3 Å². The molecule has 2 heteroatoms. The molecule has 2 aromatic carbocycles. The number of hydrogen-bond donors (Lipinski definition) is 0. The van der Waals surface area contributed by atoms with Crippen molar-refractivity contribution in [2.24, 2.45) is 0 Å². The molecule has 20 heavy (non-hydrogen) atoms. The lowest BCUT2D eigenvalue weighted by atomic mass is 9.94. The minimum atomic E-state index is 0.616. The van der Waals surface area contributed by atoms with Gasteiger partial charge in [0.05, 0.1) is 23.3 Å². The van der Waals surface area contributed by atoms with Crippen molar-refractivity contribution in [2.75, 3.05) is 0 Å². The summed E-state index contributed by atoms with van der Waals surface area (Å²) in [5, 5.41) is 17.6. The summed E-state index contributed by atoms with van der Waals surface area (Å²) in [5.74, 6) is 0. The second kappa shape index (κ2) is 5.69. The molecule has 2 rings (SSSR count). The number of hydrogen-bond acceptors (Lipinski definition) is 2. The molecule has 94 valence electrons. The molecule has 0 heterocycles. The van der Waals surface area contributed by atoms with Gasteiger partial charge in [0, 0.05) is 0 Å². The maximum absolute atomic E-state index is 8.79. The molecule has 0 amide bonds. The highest BCUT2D eigenvalue weighted by Gasteiger charge is 2.06. The predicted molar refractivity (Wildman–Crippen MR) is 80.4 cm³/mol. The summed E-state index contributed by atoms with van der Waals surface area (Å²) >= 11 is 0. The number of nitrogens with zero attached hydrogens (tertiary/aromatic N) is 2. The topological polar surface area (TPSA) is 47.6 Å². The molecule has 0 aliphatic heterocycles. The van der Waals surface area contributed by atoms with Crippen molar-refractivity contribution in [3.63, 3.8) is 0 Å². The Morgan fingerprint density at radius 1 is 0.650 bits per heavy atom. The second-order valence-electron chi connectivity index (χ2n) is 4.34. The minimum absolute atomic E-state index is 0.616. The van der Waals surface area contributed by atoms with Gasteiger partial charge in [-0.05, 0) is 46.5 Å². The minimum Gasteiger partial charge on any atom is -0.192 e. The van der Waals surface area contributed by atoms with Crippen LogP contribution in [0.15, 0.2) is 61.7 Å². The Balaban J connectivity index is 2.25. The maximum atomic E-state index is 8.79. The normalized spacial score (nSPS) is 9.30. The molecule has 0 unspecified atom stereocenters. The van der Waals surface area contributed by atoms with Crippen LogP contribution in [-0.2, 0) is 0 Å². The fourth-order valence-corrected chi connectivity index (χ4v) is 1.84. The monoisotopic (exact) mass is 256 g/mol. The SMILES string of the molecule is C=C(C(=C)c1ccc(C#N)cc1)c1ccc(C#N)cc1. The molecule has 0 aliphatic rings. The number of rotatable bonds is 3. The van der Waals surface area contributed by atoms with Crippen LogP contribution in [0.4, 0.5) is 0 Å². The van der Waals surface area contributed by atoms with E-state index < -0.39 is 0 Å². The van der Waals surface area contributed by atoms with Gasteiger partial charge in [-0.15, -0.1) is 0 Å². The lowest BCUT2D eigenvalue weighted by Crippen LogP contribution is -1.89. The highest BCUT2D eigenvalue weighted by atomic mass is 14.2. The van der Waals surface area contributed by atoms with Crippen molar-refractivity contribution in [1.29, 1.82) is 10.5 Å². The van der Waals surface area contributed by atoms with E-state index in [1.54, 1.807) is 24.3 Å². The van der Waals surface area contributed by atoms with Crippen molar-refractivity contribution in [2.45, 2.75) is 0 Å². The van der Waals surface area contributed by atoms with Crippen LogP contribution in [0.5, 0.6) is 0 Å². The van der Waals surface area contributed by atoms with Gasteiger partial charge in [-0.3, -0.25) is 0 Å². The molecule has 0 radical (unpaired) electrons. The van der Waals surface area contributed by atoms with Gasteiger partial charge in [0.15, 0.2) is 0 Å². The van der Waals surface area contributed by atoms with Crippen molar-refractivity contribution in [3.05, 3.63) is 83.9 Å². The van der Waals surface area contributed by atoms with E-state index in [1.807, 2.05) is 24.3 Å². The van der Waals surface area contributed by atoms with E-state index >= 15 is 0 Å². The summed E-state index contributed by atoms with van der Waals surface area (Å²) in [5.41, 5.74) is 4.70. The van der Waals surface area contributed by atoms with E-state index in [2.05, 4.69) is 25.3 Å². The van der Waals surface area contributed by atoms with Gasteiger partial charge >= 0.3 is 0 Å². The molecule has 0 aromatic heterocycles. The van der Waals surface area contributed by atoms with Crippen LogP contribution in [0.25, 0.3) is 11.1 Å². The molecule has 0 aliphatic carbocycles. The molecule has 0 spiro atoms. The van der Waals surface area contributed by atoms with Crippen LogP contribution >= 0.6 is 0 Å². The van der Waals surface area contributed by atoms with E-state index in [9.17, 15) is 0 Å². The molecule has 0 saturated heterocycles. The van der Waals surface area contributed by atoms with Gasteiger partial charge < -0.3 is 0 Å². The second-order valence-corrected chi connectivity index (χ2v) is 4.34. The van der Waals surface area contributed by atoms with Crippen LogP contribution in [0.2, 0.25) is 0 Å². The summed E-state index contributed by atoms with van der Waals surface area (Å²) in [4.78, 5) is 0. The number of nitriles is 2. The summed E-state index contributed by atoms with van der Waals surface area (Å²) < 4.78 is 0. The summed E-state index contributed by atoms with van der Waals surface area (Å²) in [7, 11) is 0. The van der Waals surface area contributed by atoms with E-state index in [0.29, 0.717) is 11.1 Å². The maximum Gasteiger partial charge on any atom is 0.0991 e. The molecule has 0 bridgehead atoms. The zero-order valence-corrected chi connectivity index (χ0v) is 10.9. The van der Waals surface area contributed by atoms with Crippen LogP contribution < -0.4 is 0 Å². The molecule has 2 nitrogen and oxygen atoms in total. The predicted octanol–water partition coefficient (Wildman–Crippen LogP) is 4.16. The van der Waals surface area contributed by atoms with Gasteiger partial charge in [0.25, 0.3) is 0 Å². The first-order valence-electron chi connectivity index (χ1n) is 6.05. The Kier molecular flexibility index (Phi) is 3.80. The Hall–Kier alpha value is -3.10. The third kappa shape index (κ3) is 2.66. The highest BCUT2D eigenvalue weighted by Crippen LogP contribution is 2.28. The molecule has 0 fully saturated rings. The summed E-state index contributed by atoms with van der Waals surface area (Å²) in [6, 6.07) is 18.6. The zero-order chi connectivity index (χ0) is 14.5. The molecular formula is C18H12N2. The Bertz CT molecular complexity index is 668. The highest BCUT2D eigenvalue weighted by molar-refractivity contribution is 6.02. The largest absolute Gasteiger partial charge is 0.192 e. The van der Waals surface area contributed by atoms with Crippen LogP contribution in [0.3, 0.4) is 0 Å². The van der Waals surface area contributed by atoms with Crippen molar-refractivity contribution in [1.82, 2.24) is 0 Å². The van der Waals surface area contributed by atoms with Gasteiger partial charge in [-0.25, -0.2) is 0 Å². The number of benzene rings is 2. The Morgan fingerprint density at radius 3 is 1.20 bits per heavy atom. The van der Waals surface area contributed by atoms with Crippen molar-refractivity contribution < 1.29 is 0 Å². The Morgan fingerprint density at radius 2 is 0.950 bits per heavy atom. The third-order valence-electron chi connectivity index (χ3n) is 3.09. The zero-order valence-electron chi connectivity index (χ0n) is 10.9. The molecule has 0 saturated carbocycles. The lowest BCUT2D eigenvalue weighted by molar-refractivity contribution is 1.47. The smallest absolute Gasteiger partial charge is 0.0991 e. The molecular weight excluding hydrogens is 244 g/mol. The van der Waals surface area contributed by atoms with Crippen LogP contribution in [-0.4, -0.2) is 0 Å². The van der Waals surface area contributed by atoms with E-state index in [-0.39, 0.29) is 0 Å². The first-order valence-corrected chi connectivity index (χ1v) is 6.05.